The quantitative estimate of drug-likeness (QED) is 0.356. The SMILES string of the molecule is O=C(/C=C\c1cccc(N2C(=O)[C@@H]3[C@@H](C2=O)[C@@H]2C=C[C@@H]3C2)c1)c1ccccc1. The molecule has 2 bridgehead atoms. The number of amides is 2. The van der Waals surface area contributed by atoms with Crippen LogP contribution in [0.25, 0.3) is 6.08 Å². The van der Waals surface area contributed by atoms with Crippen LogP contribution in [0.3, 0.4) is 0 Å². The number of carbonyl (C=O) groups excluding carboxylic acids is 3. The summed E-state index contributed by atoms with van der Waals surface area (Å²) < 4.78 is 0. The van der Waals surface area contributed by atoms with Gasteiger partial charge in [-0.05, 0) is 42.0 Å². The van der Waals surface area contributed by atoms with Crippen LogP contribution in [0.1, 0.15) is 22.3 Å². The van der Waals surface area contributed by atoms with Gasteiger partial charge in [-0.15, -0.1) is 0 Å². The Balaban J connectivity index is 1.39. The first kappa shape index (κ1) is 16.9. The number of allylic oxidation sites excluding steroid dienone is 3. The summed E-state index contributed by atoms with van der Waals surface area (Å²) in [5, 5.41) is 0. The van der Waals surface area contributed by atoms with Crippen molar-refractivity contribution in [2.45, 2.75) is 6.42 Å². The van der Waals surface area contributed by atoms with Crippen LogP contribution in [-0.2, 0) is 9.59 Å². The van der Waals surface area contributed by atoms with Gasteiger partial charge >= 0.3 is 0 Å². The summed E-state index contributed by atoms with van der Waals surface area (Å²) in [6.45, 7) is 0. The molecule has 4 atom stereocenters. The maximum Gasteiger partial charge on any atom is 0.238 e. The lowest BCUT2D eigenvalue weighted by molar-refractivity contribution is -0.123. The van der Waals surface area contributed by atoms with Crippen molar-refractivity contribution in [3.05, 3.63) is 84.0 Å². The molecule has 2 aromatic rings. The molecule has 2 aromatic carbocycles. The Morgan fingerprint density at radius 3 is 2.25 bits per heavy atom. The summed E-state index contributed by atoms with van der Waals surface area (Å²) in [5.74, 6) is -0.285. The van der Waals surface area contributed by atoms with Crippen molar-refractivity contribution < 1.29 is 14.4 Å². The topological polar surface area (TPSA) is 54.5 Å². The number of imide groups is 1. The van der Waals surface area contributed by atoms with Gasteiger partial charge in [0.05, 0.1) is 17.5 Å². The predicted molar refractivity (Wildman–Crippen MR) is 106 cm³/mol. The highest BCUT2D eigenvalue weighted by atomic mass is 16.2. The van der Waals surface area contributed by atoms with Crippen LogP contribution in [0.5, 0.6) is 0 Å². The zero-order valence-electron chi connectivity index (χ0n) is 15.2. The van der Waals surface area contributed by atoms with Crippen LogP contribution >= 0.6 is 0 Å². The van der Waals surface area contributed by atoms with Crippen LogP contribution in [0.15, 0.2) is 72.8 Å². The number of rotatable bonds is 4. The molecule has 0 N–H and O–H groups in total. The Bertz CT molecular complexity index is 1010. The third-order valence-electron chi connectivity index (χ3n) is 6.08. The van der Waals surface area contributed by atoms with Crippen molar-refractivity contribution in [1.82, 2.24) is 0 Å². The first-order valence-corrected chi connectivity index (χ1v) is 9.57. The van der Waals surface area contributed by atoms with E-state index in [9.17, 15) is 14.4 Å². The van der Waals surface area contributed by atoms with Gasteiger partial charge in [0, 0.05) is 5.56 Å². The lowest BCUT2D eigenvalue weighted by atomic mass is 9.85. The molecule has 0 radical (unpaired) electrons. The number of hydrogen-bond acceptors (Lipinski definition) is 3. The monoisotopic (exact) mass is 369 g/mol. The van der Waals surface area contributed by atoms with Gasteiger partial charge in [-0.25, -0.2) is 4.90 Å². The molecule has 5 rings (SSSR count). The molecule has 28 heavy (non-hydrogen) atoms. The Kier molecular flexibility index (Phi) is 3.86. The largest absolute Gasteiger partial charge is 0.289 e. The van der Waals surface area contributed by atoms with Gasteiger partial charge in [-0.1, -0.05) is 60.7 Å². The molecule has 3 aliphatic rings. The van der Waals surface area contributed by atoms with Gasteiger partial charge < -0.3 is 0 Å². The number of carbonyl (C=O) groups is 3. The molecule has 1 saturated carbocycles. The summed E-state index contributed by atoms with van der Waals surface area (Å²) in [6, 6.07) is 16.3. The Morgan fingerprint density at radius 2 is 1.57 bits per heavy atom. The van der Waals surface area contributed by atoms with Gasteiger partial charge in [0.2, 0.25) is 11.8 Å². The zero-order valence-corrected chi connectivity index (χ0v) is 15.2. The van der Waals surface area contributed by atoms with Gasteiger partial charge in [0.1, 0.15) is 0 Å². The molecule has 4 nitrogen and oxygen atoms in total. The van der Waals surface area contributed by atoms with Crippen LogP contribution in [0.2, 0.25) is 0 Å². The van der Waals surface area contributed by atoms with E-state index in [1.165, 1.54) is 11.0 Å². The molecule has 1 aliphatic heterocycles. The number of hydrogen-bond donors (Lipinski definition) is 0. The van der Waals surface area contributed by atoms with Crippen LogP contribution < -0.4 is 4.90 Å². The summed E-state index contributed by atoms with van der Waals surface area (Å²) in [7, 11) is 0. The van der Waals surface area contributed by atoms with Gasteiger partial charge in [-0.2, -0.15) is 0 Å². The number of fused-ring (bicyclic) bond motifs is 5. The van der Waals surface area contributed by atoms with Crippen molar-refractivity contribution >= 4 is 29.4 Å². The van der Waals surface area contributed by atoms with E-state index in [1.807, 2.05) is 30.3 Å². The van der Waals surface area contributed by atoms with Gasteiger partial charge in [0.25, 0.3) is 0 Å². The summed E-state index contributed by atoms with van der Waals surface area (Å²) in [6.07, 6.45) is 8.34. The molecule has 1 heterocycles. The van der Waals surface area contributed by atoms with Crippen molar-refractivity contribution in [2.75, 3.05) is 4.90 Å². The maximum absolute atomic E-state index is 12.9. The summed E-state index contributed by atoms with van der Waals surface area (Å²) >= 11 is 0. The highest BCUT2D eigenvalue weighted by Crippen LogP contribution is 2.53. The molecule has 4 heteroatoms. The second-order valence-corrected chi connectivity index (χ2v) is 7.67. The fourth-order valence-corrected chi connectivity index (χ4v) is 4.79. The van der Waals surface area contributed by atoms with Gasteiger partial charge in [0.15, 0.2) is 5.78 Å². The highest BCUT2D eigenvalue weighted by Gasteiger charge is 2.59. The maximum atomic E-state index is 12.9. The third-order valence-corrected chi connectivity index (χ3v) is 6.08. The number of anilines is 1. The second-order valence-electron chi connectivity index (χ2n) is 7.67. The van der Waals surface area contributed by atoms with E-state index >= 15 is 0 Å². The van der Waals surface area contributed by atoms with Crippen LogP contribution in [-0.4, -0.2) is 17.6 Å². The first-order valence-electron chi connectivity index (χ1n) is 9.57. The Morgan fingerprint density at radius 1 is 0.893 bits per heavy atom. The van der Waals surface area contributed by atoms with Crippen LogP contribution in [0, 0.1) is 23.7 Å². The number of benzene rings is 2. The minimum atomic E-state index is -0.207. The highest BCUT2D eigenvalue weighted by molar-refractivity contribution is 6.23. The smallest absolute Gasteiger partial charge is 0.238 e. The van der Waals surface area contributed by atoms with E-state index in [4.69, 9.17) is 0 Å². The molecule has 2 amide bonds. The van der Waals surface area contributed by atoms with Crippen molar-refractivity contribution in [3.8, 4) is 0 Å². The van der Waals surface area contributed by atoms with Crippen molar-refractivity contribution in [1.29, 1.82) is 0 Å². The second kappa shape index (κ2) is 6.41. The fraction of sp³-hybridized carbons (Fsp3) is 0.208. The summed E-state index contributed by atoms with van der Waals surface area (Å²) in [5.41, 5.74) is 1.98. The Hall–Kier alpha value is -3.27. The molecular weight excluding hydrogens is 350 g/mol. The fourth-order valence-electron chi connectivity index (χ4n) is 4.79. The normalized spacial score (nSPS) is 27.8. The average molecular weight is 369 g/mol. The number of ketones is 1. The minimum Gasteiger partial charge on any atom is -0.289 e. The van der Waals surface area contributed by atoms with Gasteiger partial charge in [-0.3, -0.25) is 14.4 Å². The molecular formula is C24H19NO3. The lowest BCUT2D eigenvalue weighted by Crippen LogP contribution is -2.32. The number of nitrogens with zero attached hydrogens (tertiary/aromatic N) is 1. The molecule has 1 saturated heterocycles. The van der Waals surface area contributed by atoms with E-state index in [-0.39, 0.29) is 41.3 Å². The van der Waals surface area contributed by atoms with E-state index in [0.29, 0.717) is 11.3 Å². The van der Waals surface area contributed by atoms with E-state index in [1.54, 1.807) is 30.3 Å². The third kappa shape index (κ3) is 2.56. The molecule has 2 aliphatic carbocycles. The predicted octanol–water partition coefficient (Wildman–Crippen LogP) is 3.89. The molecule has 2 fully saturated rings. The van der Waals surface area contributed by atoms with E-state index in [2.05, 4.69) is 12.2 Å². The standard InChI is InChI=1S/C24H19NO3/c26-20(16-6-2-1-3-7-16)12-9-15-5-4-8-19(13-15)25-23(27)21-17-10-11-18(14-17)22(21)24(25)28/h1-13,17-18,21-22H,14H2/b12-9-/t17-,18-,21+,22+/m1/s1. The molecule has 0 aromatic heterocycles. The first-order chi connectivity index (χ1) is 13.6. The average Bonchev–Trinajstić information content (AvgIpc) is 3.41. The van der Waals surface area contributed by atoms with E-state index < -0.39 is 0 Å². The van der Waals surface area contributed by atoms with Crippen molar-refractivity contribution in [2.24, 2.45) is 23.7 Å². The molecule has 0 unspecified atom stereocenters. The minimum absolute atomic E-state index is 0.0866. The zero-order chi connectivity index (χ0) is 19.3. The lowest BCUT2D eigenvalue weighted by Gasteiger charge is -2.17. The van der Waals surface area contributed by atoms with Crippen molar-refractivity contribution in [3.63, 3.8) is 0 Å². The Labute approximate surface area is 163 Å². The summed E-state index contributed by atoms with van der Waals surface area (Å²) in [4.78, 5) is 39.5. The molecule has 138 valence electrons. The van der Waals surface area contributed by atoms with E-state index in [0.717, 1.165) is 12.0 Å². The molecule has 0 spiro atoms. The van der Waals surface area contributed by atoms with Crippen LogP contribution in [0.4, 0.5) is 5.69 Å².